The van der Waals surface area contributed by atoms with E-state index in [1.54, 1.807) is 0 Å². The molecule has 3 rings (SSSR count). The highest BCUT2D eigenvalue weighted by Crippen LogP contribution is 2.36. The molecule has 1 aromatic carbocycles. The number of hydrogen-bond donors (Lipinski definition) is 0. The van der Waals surface area contributed by atoms with Crippen LogP contribution in [0, 0.1) is 29.4 Å². The van der Waals surface area contributed by atoms with Crippen molar-refractivity contribution in [2.75, 3.05) is 13.2 Å². The van der Waals surface area contributed by atoms with Crippen LogP contribution in [-0.4, -0.2) is 13.2 Å². The lowest BCUT2D eigenvalue weighted by Gasteiger charge is -2.32. The van der Waals surface area contributed by atoms with Crippen LogP contribution in [0.5, 0.6) is 0 Å². The van der Waals surface area contributed by atoms with Gasteiger partial charge >= 0.3 is 0 Å². The van der Waals surface area contributed by atoms with E-state index in [-0.39, 0.29) is 0 Å². The van der Waals surface area contributed by atoms with Crippen LogP contribution in [0.15, 0.2) is 18.2 Å². The molecule has 1 saturated heterocycles. The Labute approximate surface area is 194 Å². The highest BCUT2D eigenvalue weighted by molar-refractivity contribution is 5.19. The average molecular weight is 451 g/mol. The molecule has 1 saturated carbocycles. The Hall–Kier alpha value is -1.00. The summed E-state index contributed by atoms with van der Waals surface area (Å²) in [5.41, 5.74) is 0.553. The minimum Gasteiger partial charge on any atom is -0.348 e. The van der Waals surface area contributed by atoms with E-state index in [1.807, 2.05) is 0 Å². The molecule has 2 fully saturated rings. The van der Waals surface area contributed by atoms with Crippen molar-refractivity contribution >= 4 is 0 Å². The summed E-state index contributed by atoms with van der Waals surface area (Å²) in [7, 11) is 0. The second kappa shape index (κ2) is 14.3. The smallest absolute Gasteiger partial charge is 0.183 e. The molecule has 2 nitrogen and oxygen atoms in total. The summed E-state index contributed by atoms with van der Waals surface area (Å²) in [6, 6.07) is 3.84. The molecule has 1 aromatic rings. The van der Waals surface area contributed by atoms with Crippen molar-refractivity contribution < 1.29 is 18.3 Å². The van der Waals surface area contributed by atoms with E-state index in [1.165, 1.54) is 102 Å². The third kappa shape index (κ3) is 8.74. The molecular weight excluding hydrogens is 406 g/mol. The monoisotopic (exact) mass is 450 g/mol. The van der Waals surface area contributed by atoms with E-state index in [9.17, 15) is 8.78 Å². The summed E-state index contributed by atoms with van der Waals surface area (Å²) in [5, 5.41) is 0. The number of ether oxygens (including phenoxy) is 2. The molecule has 182 valence electrons. The lowest BCUT2D eigenvalue weighted by molar-refractivity contribution is -0.206. The second-order valence-electron chi connectivity index (χ2n) is 10.3. The van der Waals surface area contributed by atoms with E-state index >= 15 is 0 Å². The van der Waals surface area contributed by atoms with Gasteiger partial charge in [0, 0.05) is 11.5 Å². The van der Waals surface area contributed by atoms with Crippen LogP contribution in [0.25, 0.3) is 0 Å². The number of unbranched alkanes of at least 4 members (excludes halogenated alkanes) is 7. The minimum atomic E-state index is -0.852. The second-order valence-corrected chi connectivity index (χ2v) is 10.3. The first kappa shape index (κ1) is 25.6. The van der Waals surface area contributed by atoms with Crippen molar-refractivity contribution in [3.63, 3.8) is 0 Å². The first-order chi connectivity index (χ1) is 15.7. The van der Waals surface area contributed by atoms with Gasteiger partial charge < -0.3 is 9.47 Å². The van der Waals surface area contributed by atoms with Crippen LogP contribution < -0.4 is 0 Å². The van der Waals surface area contributed by atoms with Crippen LogP contribution in [-0.2, 0) is 9.47 Å². The summed E-state index contributed by atoms with van der Waals surface area (Å²) in [5.74, 6) is 0.537. The fourth-order valence-electron chi connectivity index (χ4n) is 5.41. The summed E-state index contributed by atoms with van der Waals surface area (Å²) in [6.45, 7) is 3.55. The first-order valence-electron chi connectivity index (χ1n) is 13.3. The van der Waals surface area contributed by atoms with Crippen LogP contribution >= 0.6 is 0 Å². The Kier molecular flexibility index (Phi) is 11.5. The van der Waals surface area contributed by atoms with E-state index in [0.29, 0.717) is 24.7 Å². The van der Waals surface area contributed by atoms with Gasteiger partial charge in [0.2, 0.25) is 0 Å². The maximum Gasteiger partial charge on any atom is 0.183 e. The summed E-state index contributed by atoms with van der Waals surface area (Å²) >= 11 is 0. The zero-order valence-electron chi connectivity index (χ0n) is 20.1. The molecule has 2 aliphatic rings. The molecule has 0 bridgehead atoms. The van der Waals surface area contributed by atoms with E-state index in [4.69, 9.17) is 9.47 Å². The van der Waals surface area contributed by atoms with Gasteiger partial charge in [-0.1, -0.05) is 103 Å². The predicted octanol–water partition coefficient (Wildman–Crippen LogP) is 8.74. The topological polar surface area (TPSA) is 18.5 Å². The third-order valence-corrected chi connectivity index (χ3v) is 7.60. The van der Waals surface area contributed by atoms with Crippen molar-refractivity contribution in [1.29, 1.82) is 0 Å². The summed E-state index contributed by atoms with van der Waals surface area (Å²) in [6.07, 6.45) is 20.2. The van der Waals surface area contributed by atoms with Gasteiger partial charge in [-0.05, 0) is 30.4 Å². The summed E-state index contributed by atoms with van der Waals surface area (Å²) in [4.78, 5) is 0. The van der Waals surface area contributed by atoms with E-state index in [0.717, 1.165) is 24.3 Å². The van der Waals surface area contributed by atoms with Crippen molar-refractivity contribution in [3.8, 4) is 0 Å². The number of benzene rings is 1. The molecule has 0 unspecified atom stereocenters. The Balaban J connectivity index is 1.21. The molecule has 0 amide bonds. The molecule has 0 aromatic heterocycles. The molecule has 1 heterocycles. The Morgan fingerprint density at radius 3 is 1.88 bits per heavy atom. The molecular formula is C28H44F2O2. The van der Waals surface area contributed by atoms with Crippen LogP contribution in [0.4, 0.5) is 8.78 Å². The largest absolute Gasteiger partial charge is 0.348 e. The van der Waals surface area contributed by atoms with Crippen molar-refractivity contribution in [3.05, 3.63) is 35.4 Å². The molecule has 1 aliphatic carbocycles. The van der Waals surface area contributed by atoms with Gasteiger partial charge in [-0.15, -0.1) is 0 Å². The maximum atomic E-state index is 13.4. The van der Waals surface area contributed by atoms with E-state index in [2.05, 4.69) is 6.92 Å². The molecule has 1 aliphatic heterocycles. The van der Waals surface area contributed by atoms with Crippen LogP contribution in [0.2, 0.25) is 0 Å². The molecule has 0 atom stereocenters. The van der Waals surface area contributed by atoms with Gasteiger partial charge in [-0.3, -0.25) is 0 Å². The van der Waals surface area contributed by atoms with Gasteiger partial charge in [0.25, 0.3) is 0 Å². The molecule has 0 N–H and O–H groups in total. The lowest BCUT2D eigenvalue weighted by atomic mass is 9.77. The van der Waals surface area contributed by atoms with Crippen LogP contribution in [0.1, 0.15) is 115 Å². The molecule has 0 radical (unpaired) electrons. The fraction of sp³-hybridized carbons (Fsp3) is 0.786. The Morgan fingerprint density at radius 1 is 0.688 bits per heavy atom. The molecule has 0 spiro atoms. The molecule has 32 heavy (non-hydrogen) atoms. The van der Waals surface area contributed by atoms with Crippen molar-refractivity contribution in [2.24, 2.45) is 17.8 Å². The normalized spacial score (nSPS) is 26.3. The zero-order valence-corrected chi connectivity index (χ0v) is 20.1. The van der Waals surface area contributed by atoms with Gasteiger partial charge in [-0.25, -0.2) is 8.78 Å². The van der Waals surface area contributed by atoms with Gasteiger partial charge in [-0.2, -0.15) is 0 Å². The van der Waals surface area contributed by atoms with Gasteiger partial charge in [0.1, 0.15) is 0 Å². The van der Waals surface area contributed by atoms with Crippen LogP contribution in [0.3, 0.4) is 0 Å². The fourth-order valence-corrected chi connectivity index (χ4v) is 5.41. The average Bonchev–Trinajstić information content (AvgIpc) is 2.82. The lowest BCUT2D eigenvalue weighted by Crippen LogP contribution is -2.28. The number of halogens is 2. The number of hydrogen-bond acceptors (Lipinski definition) is 2. The SMILES string of the molecule is CCCCCCCCCCC1CCC(CCC2COC(c3ccc(F)c(F)c3)OC2)CC1. The highest BCUT2D eigenvalue weighted by Gasteiger charge is 2.26. The standard InChI is InChI=1S/C28H44F2O2/c1-2-3-4-5-6-7-8-9-10-22-11-13-23(14-12-22)15-16-24-20-31-28(32-21-24)25-17-18-26(29)27(30)19-25/h17-19,22-24,28H,2-16,20-21H2,1H3. The van der Waals surface area contributed by atoms with Gasteiger partial charge in [0.05, 0.1) is 13.2 Å². The maximum absolute atomic E-state index is 13.4. The Bertz CT molecular complexity index is 634. The minimum absolute atomic E-state index is 0.409. The number of rotatable bonds is 13. The zero-order chi connectivity index (χ0) is 22.6. The predicted molar refractivity (Wildman–Crippen MR) is 126 cm³/mol. The summed E-state index contributed by atoms with van der Waals surface area (Å²) < 4.78 is 38.2. The van der Waals surface area contributed by atoms with E-state index < -0.39 is 17.9 Å². The Morgan fingerprint density at radius 2 is 1.25 bits per heavy atom. The van der Waals surface area contributed by atoms with Gasteiger partial charge in [0.15, 0.2) is 17.9 Å². The highest BCUT2D eigenvalue weighted by atomic mass is 19.2. The quantitative estimate of drug-likeness (QED) is 0.280. The van der Waals surface area contributed by atoms with Crippen molar-refractivity contribution in [2.45, 2.75) is 110 Å². The van der Waals surface area contributed by atoms with Crippen molar-refractivity contribution in [1.82, 2.24) is 0 Å². The first-order valence-corrected chi connectivity index (χ1v) is 13.3. The third-order valence-electron chi connectivity index (χ3n) is 7.60. The molecule has 4 heteroatoms.